The number of hydrogen-bond donors (Lipinski definition) is 2. The highest BCUT2D eigenvalue weighted by Gasteiger charge is 2.16. The largest absolute Gasteiger partial charge is 0.495 e. The molecule has 0 saturated heterocycles. The number of Topliss-reactive ketones (excluding diaryl/α,β-unsaturated/α-hetero) is 1. The predicted molar refractivity (Wildman–Crippen MR) is 133 cm³/mol. The molecule has 1 saturated carbocycles. The average molecular weight is 482 g/mol. The van der Waals surface area contributed by atoms with Gasteiger partial charge in [0.15, 0.2) is 5.78 Å². The standard InChI is InChI=1S/C25H28ClN5O3/c1-16(32)17-9-12-20(13-10-17)34-25-30-23(27-18-7-5-3-4-6-8-18)29-24(31-25)28-19-11-14-22(33-2)21(26)15-19/h9-15,18H,3-8H2,1-2H3,(H2,27,28,29,30,31). The Labute approximate surface area is 204 Å². The maximum atomic E-state index is 11.5. The Balaban J connectivity index is 1.59. The van der Waals surface area contributed by atoms with E-state index in [0.29, 0.717) is 45.7 Å². The van der Waals surface area contributed by atoms with Gasteiger partial charge in [0, 0.05) is 17.3 Å². The summed E-state index contributed by atoms with van der Waals surface area (Å²) in [5.41, 5.74) is 1.31. The van der Waals surface area contributed by atoms with E-state index in [1.165, 1.54) is 32.6 Å². The van der Waals surface area contributed by atoms with Crippen LogP contribution in [0.5, 0.6) is 17.5 Å². The van der Waals surface area contributed by atoms with Crippen molar-refractivity contribution in [3.8, 4) is 17.5 Å². The van der Waals surface area contributed by atoms with E-state index in [2.05, 4.69) is 25.6 Å². The molecule has 0 bridgehead atoms. The fourth-order valence-corrected chi connectivity index (χ4v) is 4.12. The molecule has 0 spiro atoms. The molecular weight excluding hydrogens is 454 g/mol. The molecule has 1 aromatic heterocycles. The summed E-state index contributed by atoms with van der Waals surface area (Å²) >= 11 is 6.27. The number of benzene rings is 2. The molecule has 1 aliphatic rings. The molecule has 2 aromatic carbocycles. The molecule has 178 valence electrons. The van der Waals surface area contributed by atoms with Gasteiger partial charge in [-0.3, -0.25) is 4.79 Å². The van der Waals surface area contributed by atoms with E-state index in [-0.39, 0.29) is 11.8 Å². The van der Waals surface area contributed by atoms with Crippen molar-refractivity contribution in [1.82, 2.24) is 15.0 Å². The van der Waals surface area contributed by atoms with Crippen LogP contribution in [0.3, 0.4) is 0 Å². The highest BCUT2D eigenvalue weighted by atomic mass is 35.5. The number of aromatic nitrogens is 3. The van der Waals surface area contributed by atoms with E-state index in [1.807, 2.05) is 6.07 Å². The highest BCUT2D eigenvalue weighted by Crippen LogP contribution is 2.29. The number of anilines is 3. The first kappa shape index (κ1) is 23.8. The molecule has 34 heavy (non-hydrogen) atoms. The van der Waals surface area contributed by atoms with Gasteiger partial charge in [-0.25, -0.2) is 0 Å². The third-order valence-corrected chi connectivity index (χ3v) is 5.98. The molecule has 0 aliphatic heterocycles. The molecule has 2 N–H and O–H groups in total. The lowest BCUT2D eigenvalue weighted by molar-refractivity contribution is 0.101. The Kier molecular flexibility index (Phi) is 7.80. The number of hydrogen-bond acceptors (Lipinski definition) is 8. The molecule has 8 nitrogen and oxygen atoms in total. The van der Waals surface area contributed by atoms with Crippen molar-refractivity contribution in [2.45, 2.75) is 51.5 Å². The monoisotopic (exact) mass is 481 g/mol. The number of halogens is 1. The van der Waals surface area contributed by atoms with Crippen molar-refractivity contribution in [3.63, 3.8) is 0 Å². The maximum absolute atomic E-state index is 11.5. The van der Waals surface area contributed by atoms with Gasteiger partial charge in [0.1, 0.15) is 11.5 Å². The lowest BCUT2D eigenvalue weighted by Crippen LogP contribution is -2.20. The molecule has 1 fully saturated rings. The van der Waals surface area contributed by atoms with Crippen molar-refractivity contribution < 1.29 is 14.3 Å². The van der Waals surface area contributed by atoms with Crippen molar-refractivity contribution in [2.24, 2.45) is 0 Å². The van der Waals surface area contributed by atoms with Crippen LogP contribution < -0.4 is 20.1 Å². The molecule has 9 heteroatoms. The van der Waals surface area contributed by atoms with E-state index in [1.54, 1.807) is 43.5 Å². The van der Waals surface area contributed by atoms with Crippen LogP contribution in [0.25, 0.3) is 0 Å². The van der Waals surface area contributed by atoms with Crippen molar-refractivity contribution in [2.75, 3.05) is 17.7 Å². The topological polar surface area (TPSA) is 98.3 Å². The number of carbonyl (C=O) groups is 1. The van der Waals surface area contributed by atoms with Crippen LogP contribution in [0, 0.1) is 0 Å². The first-order chi connectivity index (χ1) is 16.5. The lowest BCUT2D eigenvalue weighted by atomic mass is 10.1. The summed E-state index contributed by atoms with van der Waals surface area (Å²) in [4.78, 5) is 25.0. The van der Waals surface area contributed by atoms with Gasteiger partial charge in [0.05, 0.1) is 12.1 Å². The number of nitrogens with zero attached hydrogens (tertiary/aromatic N) is 3. The summed E-state index contributed by atoms with van der Waals surface area (Å²) in [7, 11) is 1.57. The molecular formula is C25H28ClN5O3. The van der Waals surface area contributed by atoms with E-state index >= 15 is 0 Å². The number of carbonyl (C=O) groups excluding carboxylic acids is 1. The fourth-order valence-electron chi connectivity index (χ4n) is 3.87. The third kappa shape index (κ3) is 6.35. The summed E-state index contributed by atoms with van der Waals surface area (Å²) in [5, 5.41) is 7.10. The van der Waals surface area contributed by atoms with Crippen LogP contribution in [0.15, 0.2) is 42.5 Å². The highest BCUT2D eigenvalue weighted by molar-refractivity contribution is 6.32. The lowest BCUT2D eigenvalue weighted by Gasteiger charge is -2.17. The third-order valence-electron chi connectivity index (χ3n) is 5.68. The van der Waals surface area contributed by atoms with Crippen LogP contribution in [0.4, 0.5) is 17.6 Å². The summed E-state index contributed by atoms with van der Waals surface area (Å²) in [6.07, 6.45) is 7.03. The molecule has 0 atom stereocenters. The minimum Gasteiger partial charge on any atom is -0.495 e. The Morgan fingerprint density at radius 3 is 2.32 bits per heavy atom. The van der Waals surface area contributed by atoms with Crippen molar-refractivity contribution in [3.05, 3.63) is 53.1 Å². The molecule has 0 radical (unpaired) electrons. The van der Waals surface area contributed by atoms with Crippen molar-refractivity contribution in [1.29, 1.82) is 0 Å². The quantitative estimate of drug-likeness (QED) is 0.281. The minimum absolute atomic E-state index is 0.00811. The van der Waals surface area contributed by atoms with Gasteiger partial charge >= 0.3 is 6.01 Å². The second-order valence-corrected chi connectivity index (χ2v) is 8.66. The van der Waals surface area contributed by atoms with Gasteiger partial charge < -0.3 is 20.1 Å². The molecule has 3 aromatic rings. The summed E-state index contributed by atoms with van der Waals surface area (Å²) in [6, 6.07) is 12.6. The van der Waals surface area contributed by atoms with Gasteiger partial charge in [0.2, 0.25) is 11.9 Å². The molecule has 4 rings (SSSR count). The van der Waals surface area contributed by atoms with Gasteiger partial charge in [0.25, 0.3) is 0 Å². The SMILES string of the molecule is COc1ccc(Nc2nc(NC3CCCCCC3)nc(Oc3ccc(C(C)=O)cc3)n2)cc1Cl. The maximum Gasteiger partial charge on any atom is 0.328 e. The van der Waals surface area contributed by atoms with Crippen LogP contribution in [0.1, 0.15) is 55.8 Å². The van der Waals surface area contributed by atoms with Crippen LogP contribution in [-0.2, 0) is 0 Å². The normalized spacial score (nSPS) is 14.2. The second-order valence-electron chi connectivity index (χ2n) is 8.25. The average Bonchev–Trinajstić information content (AvgIpc) is 3.08. The number of rotatable bonds is 8. The minimum atomic E-state index is -0.00811. The molecule has 0 unspecified atom stereocenters. The molecule has 1 heterocycles. The van der Waals surface area contributed by atoms with Gasteiger partial charge in [-0.15, -0.1) is 0 Å². The zero-order valence-electron chi connectivity index (χ0n) is 19.3. The van der Waals surface area contributed by atoms with Gasteiger partial charge in [-0.05, 0) is 62.2 Å². The van der Waals surface area contributed by atoms with Gasteiger partial charge in [-0.2, -0.15) is 15.0 Å². The zero-order chi connectivity index (χ0) is 23.9. The van der Waals surface area contributed by atoms with E-state index < -0.39 is 0 Å². The van der Waals surface area contributed by atoms with E-state index in [0.717, 1.165) is 12.8 Å². The Morgan fingerprint density at radius 1 is 0.971 bits per heavy atom. The van der Waals surface area contributed by atoms with Crippen LogP contribution in [-0.4, -0.2) is 33.9 Å². The first-order valence-electron chi connectivity index (χ1n) is 11.4. The fraction of sp³-hybridized carbons (Fsp3) is 0.360. The Bertz CT molecular complexity index is 1130. The zero-order valence-corrected chi connectivity index (χ0v) is 20.1. The Hall–Kier alpha value is -3.39. The van der Waals surface area contributed by atoms with E-state index in [9.17, 15) is 4.79 Å². The summed E-state index contributed by atoms with van der Waals surface area (Å²) < 4.78 is 11.1. The number of methoxy groups -OCH3 is 1. The van der Waals surface area contributed by atoms with Crippen molar-refractivity contribution >= 4 is 35.0 Å². The molecule has 0 amide bonds. The predicted octanol–water partition coefficient (Wildman–Crippen LogP) is 6.41. The number of nitrogens with one attached hydrogen (secondary N) is 2. The summed E-state index contributed by atoms with van der Waals surface area (Å²) in [5.74, 6) is 1.86. The van der Waals surface area contributed by atoms with Crippen LogP contribution in [0.2, 0.25) is 5.02 Å². The first-order valence-corrected chi connectivity index (χ1v) is 11.8. The Morgan fingerprint density at radius 2 is 1.68 bits per heavy atom. The molecule has 1 aliphatic carbocycles. The van der Waals surface area contributed by atoms with Crippen LogP contribution >= 0.6 is 11.6 Å². The van der Waals surface area contributed by atoms with E-state index in [4.69, 9.17) is 21.1 Å². The smallest absolute Gasteiger partial charge is 0.328 e. The number of ether oxygens (including phenoxy) is 2. The number of ketones is 1. The second kappa shape index (κ2) is 11.2. The summed E-state index contributed by atoms with van der Waals surface area (Å²) in [6.45, 7) is 1.52. The van der Waals surface area contributed by atoms with Gasteiger partial charge in [-0.1, -0.05) is 37.3 Å².